The molecular formula is C85H70N15O2Y3-3. The van der Waals surface area contributed by atoms with Gasteiger partial charge in [0.15, 0.2) is 6.39 Å². The van der Waals surface area contributed by atoms with Crippen LogP contribution in [0.15, 0.2) is 398 Å². The van der Waals surface area contributed by atoms with Crippen LogP contribution >= 0.6 is 0 Å². The first kappa shape index (κ1) is 81.5. The number of nitrogens with zero attached hydrogens (tertiary/aromatic N) is 15. The van der Waals surface area contributed by atoms with Crippen LogP contribution in [0.2, 0.25) is 0 Å². The molecule has 2 atom stereocenters. The first-order valence-corrected chi connectivity index (χ1v) is 32.1. The fourth-order valence-electron chi connectivity index (χ4n) is 10.1. The van der Waals surface area contributed by atoms with Crippen LogP contribution in [-0.2, 0) is 98.1 Å². The van der Waals surface area contributed by atoms with Gasteiger partial charge in [-0.1, -0.05) is 238 Å². The third-order valence-corrected chi connectivity index (χ3v) is 14.8. The van der Waals surface area contributed by atoms with Crippen molar-refractivity contribution in [2.24, 2.45) is 9.98 Å². The summed E-state index contributed by atoms with van der Waals surface area (Å²) in [5.74, 6) is 0. The topological polar surface area (TPSA) is 222 Å². The van der Waals surface area contributed by atoms with E-state index in [4.69, 9.17) is 0 Å². The first-order chi connectivity index (χ1) is 50.2. The smallest absolute Gasteiger partial charge is 0.203 e. The first-order valence-electron chi connectivity index (χ1n) is 32.1. The maximum Gasteiger partial charge on any atom is 0.203 e. The van der Waals surface area contributed by atoms with Crippen LogP contribution in [0, 0.1) is 0 Å². The van der Waals surface area contributed by atoms with Crippen molar-refractivity contribution in [2.45, 2.75) is 19.5 Å². The SMILES string of the molecule is C.C1=CC2N=CC=NC2C=C1.[Y].[Y].[Y].c1cc[n-]c1.c1ccc2[n-]cnc2c1.c1ccc2c(c1)[n-]c1ccccc12.c1ccc2ccccc2c1.c1ccc2ncccc2c1.c1ccncc1.c1cnc2c(c1)ccc1cccnc12.c1cnc2c(c1)ccc1ncccc12.c1cocn1.c1nnco1. The molecule has 2 unspecified atom stereocenters. The summed E-state index contributed by atoms with van der Waals surface area (Å²) in [5.41, 5.74) is 9.15. The predicted octanol–water partition coefficient (Wildman–Crippen LogP) is 18.9. The van der Waals surface area contributed by atoms with Crippen molar-refractivity contribution in [3.8, 4) is 0 Å². The van der Waals surface area contributed by atoms with E-state index in [1.54, 1.807) is 68.3 Å². The molecular weight excluding hydrogens is 1530 g/mol. The summed E-state index contributed by atoms with van der Waals surface area (Å²) in [4.78, 5) is 53.6. The van der Waals surface area contributed by atoms with Crippen molar-refractivity contribution in [3.63, 3.8) is 0 Å². The number of pyridine rings is 6. The van der Waals surface area contributed by atoms with Crippen LogP contribution in [0.4, 0.5) is 0 Å². The zero-order valence-corrected chi connectivity index (χ0v) is 64.9. The molecule has 8 aromatic carbocycles. The molecule has 0 saturated carbocycles. The largest absolute Gasteiger partial charge is 0.670 e. The van der Waals surface area contributed by atoms with Gasteiger partial charge in [-0.15, -0.1) is 21.2 Å². The summed E-state index contributed by atoms with van der Waals surface area (Å²) in [6.45, 7) is 0. The van der Waals surface area contributed by atoms with Crippen LogP contribution in [0.25, 0.3) is 98.1 Å². The maximum atomic E-state index is 4.52. The number of fused-ring (bicyclic) bond motifs is 13. The molecule has 0 N–H and O–H groups in total. The number of imidazole rings is 1. The number of allylic oxidation sites excluding steroid dienone is 2. The Morgan fingerprint density at radius 2 is 0.752 bits per heavy atom. The van der Waals surface area contributed by atoms with Crippen LogP contribution in [0.3, 0.4) is 0 Å². The molecule has 0 saturated heterocycles. The van der Waals surface area contributed by atoms with Gasteiger partial charge in [0.1, 0.15) is 6.26 Å². The molecule has 2 aliphatic rings. The van der Waals surface area contributed by atoms with Crippen LogP contribution in [0.1, 0.15) is 7.43 Å². The van der Waals surface area contributed by atoms with Gasteiger partial charge >= 0.3 is 0 Å². The van der Waals surface area contributed by atoms with Gasteiger partial charge in [0.25, 0.3) is 0 Å². The second kappa shape index (κ2) is 46.8. The van der Waals surface area contributed by atoms with Gasteiger partial charge in [-0.2, -0.15) is 12.4 Å². The molecule has 0 spiro atoms. The third-order valence-electron chi connectivity index (χ3n) is 14.8. The summed E-state index contributed by atoms with van der Waals surface area (Å²) in [6, 6.07) is 87.3. The van der Waals surface area contributed by atoms with Gasteiger partial charge in [-0.3, -0.25) is 39.9 Å². The van der Waals surface area contributed by atoms with E-state index in [-0.39, 0.29) is 118 Å². The predicted molar refractivity (Wildman–Crippen MR) is 414 cm³/mol. The quantitative estimate of drug-likeness (QED) is 0.129. The molecule has 20 heteroatoms. The molecule has 11 aromatic heterocycles. The van der Waals surface area contributed by atoms with Gasteiger partial charge in [0.2, 0.25) is 12.8 Å². The Balaban J connectivity index is 0.000000163. The Hall–Kier alpha value is -10.7. The van der Waals surface area contributed by atoms with E-state index in [1.165, 1.54) is 52.4 Å². The number of benzene rings is 8. The molecule has 105 heavy (non-hydrogen) atoms. The fourth-order valence-corrected chi connectivity index (χ4v) is 10.1. The molecule has 3 radical (unpaired) electrons. The zero-order valence-electron chi connectivity index (χ0n) is 56.4. The van der Waals surface area contributed by atoms with Gasteiger partial charge < -0.3 is 28.8 Å². The fraction of sp³-hybridized carbons (Fsp3) is 0.0353. The number of para-hydroxylation sites is 5. The van der Waals surface area contributed by atoms with Crippen LogP contribution < -0.4 is 15.0 Å². The van der Waals surface area contributed by atoms with E-state index in [0.717, 1.165) is 71.2 Å². The Morgan fingerprint density at radius 3 is 1.22 bits per heavy atom. The van der Waals surface area contributed by atoms with Gasteiger partial charge in [0.05, 0.1) is 45.9 Å². The summed E-state index contributed by atoms with van der Waals surface area (Å²) < 4.78 is 8.83. The van der Waals surface area contributed by atoms with E-state index in [1.807, 2.05) is 146 Å². The average Bonchev–Trinajstić information content (AvgIpc) is 1.36. The Kier molecular flexibility index (Phi) is 36.3. The molecule has 1 aliphatic carbocycles. The number of hydrogen-bond acceptors (Lipinski definition) is 14. The van der Waals surface area contributed by atoms with Crippen LogP contribution in [0.5, 0.6) is 0 Å². The summed E-state index contributed by atoms with van der Waals surface area (Å²) >= 11 is 0. The number of rotatable bonds is 0. The molecule has 0 amide bonds. The van der Waals surface area contributed by atoms with Crippen molar-refractivity contribution >= 4 is 111 Å². The minimum Gasteiger partial charge on any atom is -0.670 e. The molecule has 17 nitrogen and oxygen atoms in total. The number of hydrogen-bond donors (Lipinski definition) is 0. The minimum atomic E-state index is 0. The van der Waals surface area contributed by atoms with E-state index in [9.17, 15) is 0 Å². The summed E-state index contributed by atoms with van der Waals surface area (Å²) in [6.07, 6.45) is 36.3. The Bertz CT molecular complexity index is 4950. The average molecular weight is 1600 g/mol. The van der Waals surface area contributed by atoms with Crippen molar-refractivity contribution in [2.75, 3.05) is 0 Å². The molecule has 1 aliphatic heterocycles. The zero-order chi connectivity index (χ0) is 68.8. The van der Waals surface area contributed by atoms with Crippen molar-refractivity contribution in [1.82, 2.24) is 65.0 Å². The van der Waals surface area contributed by atoms with Crippen molar-refractivity contribution in [1.29, 1.82) is 0 Å². The summed E-state index contributed by atoms with van der Waals surface area (Å²) in [7, 11) is 0. The van der Waals surface area contributed by atoms with E-state index in [2.05, 4.69) is 236 Å². The minimum absolute atomic E-state index is 0. The Labute approximate surface area is 683 Å². The van der Waals surface area contributed by atoms with E-state index >= 15 is 0 Å². The standard InChI is InChI=1S/2C12H8N2.C12H8N.C10H8.C9H7N.C8H8N2.C7H5N2.C5H5N.C4H4N.C3H3NO.C2H2N2O.CH4.3Y/c1-3-9-5-6-11-10(4-2-7-13-11)12(9)14-8-1;1-3-9-5-6-10-4-2-8-14-12(10)11(9)13-7-1;1-3-7-11-9(5-1)10-6-2-4-8-12(10)13-11;1-2-6-10-8-4-3-7-9(10)5-1;1-2-6-9-8(4-1)5-3-7-10-9;1-2-4-8-7(3-1)9-5-6-10-8;1-2-4-7-6(3-1)8-5-9-7;1-2-4-6-5-3-1;1-2-4-5-3-1;1-2-5-3-4-1;1-3-4-2-5-1;;;;/h2*1-8H;1-8H;1-8H;1-7H;1-8H;1-5H;1-5H;1-4H;1-3H;1-2H;1H4;;;/q;;-1;;;;-1;;-1;;;;;;. The molecule has 12 heterocycles. The number of oxazole rings is 1. The van der Waals surface area contributed by atoms with Crippen molar-refractivity contribution in [3.05, 3.63) is 379 Å². The molecule has 509 valence electrons. The molecule has 19 aromatic rings. The van der Waals surface area contributed by atoms with Crippen molar-refractivity contribution < 1.29 is 107 Å². The monoisotopic (exact) mass is 1600 g/mol. The molecule has 21 rings (SSSR count). The van der Waals surface area contributed by atoms with Gasteiger partial charge in [0, 0.05) is 181 Å². The number of aliphatic imine (C=N–C) groups is 2. The molecule has 0 bridgehead atoms. The number of aromatic nitrogens is 13. The maximum absolute atomic E-state index is 4.52. The van der Waals surface area contributed by atoms with E-state index < -0.39 is 0 Å². The molecule has 0 fully saturated rings. The summed E-state index contributed by atoms with van der Waals surface area (Å²) in [5, 5.41) is 17.5. The van der Waals surface area contributed by atoms with Gasteiger partial charge in [-0.25, -0.2) is 4.98 Å². The second-order valence-corrected chi connectivity index (χ2v) is 21.4. The Morgan fingerprint density at radius 1 is 0.305 bits per heavy atom. The second-order valence-electron chi connectivity index (χ2n) is 21.4. The third kappa shape index (κ3) is 25.9. The van der Waals surface area contributed by atoms with E-state index in [0.29, 0.717) is 0 Å². The normalized spacial score (nSPS) is 11.9. The van der Waals surface area contributed by atoms with Gasteiger partial charge in [-0.05, 0) is 93.2 Å². The van der Waals surface area contributed by atoms with Crippen LogP contribution in [-0.4, -0.2) is 74.6 Å².